The summed E-state index contributed by atoms with van der Waals surface area (Å²) in [6.45, 7) is 4.47. The van der Waals surface area contributed by atoms with E-state index in [0.717, 1.165) is 6.07 Å². The molecule has 0 aliphatic carbocycles. The van der Waals surface area contributed by atoms with Crippen molar-refractivity contribution in [3.63, 3.8) is 0 Å². The van der Waals surface area contributed by atoms with Crippen LogP contribution in [-0.2, 0) is 12.3 Å². The van der Waals surface area contributed by atoms with Crippen molar-refractivity contribution in [3.05, 3.63) is 50.5 Å². The maximum atomic E-state index is 13.8. The van der Waals surface area contributed by atoms with Crippen molar-refractivity contribution in [2.24, 2.45) is 5.92 Å². The molecule has 0 fully saturated rings. The SMILES string of the molecule is CC(C)Cn1c(SCc2ccc(Br)cc2F)nc(O)cc1=O. The lowest BCUT2D eigenvalue weighted by atomic mass is 10.2. The maximum Gasteiger partial charge on any atom is 0.257 e. The molecule has 0 saturated heterocycles. The predicted octanol–water partition coefficient (Wildman–Crippen LogP) is 3.80. The first-order valence-electron chi connectivity index (χ1n) is 6.74. The summed E-state index contributed by atoms with van der Waals surface area (Å²) in [5, 5.41) is 9.91. The molecule has 0 aliphatic heterocycles. The summed E-state index contributed by atoms with van der Waals surface area (Å²) in [5.41, 5.74) is 0.210. The minimum Gasteiger partial charge on any atom is -0.493 e. The van der Waals surface area contributed by atoms with Gasteiger partial charge in [0, 0.05) is 16.8 Å². The van der Waals surface area contributed by atoms with Gasteiger partial charge in [0.05, 0.1) is 6.07 Å². The van der Waals surface area contributed by atoms with E-state index < -0.39 is 0 Å². The van der Waals surface area contributed by atoms with Gasteiger partial charge >= 0.3 is 0 Å². The Kier molecular flexibility index (Phi) is 5.63. The van der Waals surface area contributed by atoms with E-state index in [-0.39, 0.29) is 23.2 Å². The van der Waals surface area contributed by atoms with Gasteiger partial charge in [0.25, 0.3) is 5.56 Å². The lowest BCUT2D eigenvalue weighted by Crippen LogP contribution is -2.24. The number of benzene rings is 1. The first-order chi connectivity index (χ1) is 10.4. The van der Waals surface area contributed by atoms with Gasteiger partial charge in [-0.3, -0.25) is 9.36 Å². The van der Waals surface area contributed by atoms with Gasteiger partial charge in [-0.05, 0) is 23.6 Å². The molecule has 4 nitrogen and oxygen atoms in total. The molecule has 1 aromatic carbocycles. The first kappa shape index (κ1) is 17.0. The van der Waals surface area contributed by atoms with Gasteiger partial charge in [-0.1, -0.05) is 47.6 Å². The molecule has 0 spiro atoms. The summed E-state index contributed by atoms with van der Waals surface area (Å²) in [6.07, 6.45) is 0. The van der Waals surface area contributed by atoms with Crippen molar-refractivity contribution >= 4 is 27.7 Å². The van der Waals surface area contributed by atoms with Crippen LogP contribution in [0, 0.1) is 11.7 Å². The lowest BCUT2D eigenvalue weighted by molar-refractivity contribution is 0.416. The Labute approximate surface area is 140 Å². The number of rotatable bonds is 5. The van der Waals surface area contributed by atoms with Crippen LogP contribution in [0.3, 0.4) is 0 Å². The summed E-state index contributed by atoms with van der Waals surface area (Å²) >= 11 is 4.44. The molecule has 0 unspecified atom stereocenters. The Morgan fingerprint density at radius 3 is 2.77 bits per heavy atom. The number of thioether (sulfide) groups is 1. The molecule has 7 heteroatoms. The van der Waals surface area contributed by atoms with Crippen LogP contribution in [0.25, 0.3) is 0 Å². The molecule has 2 aromatic rings. The molecule has 0 aliphatic rings. The number of nitrogens with zero attached hydrogens (tertiary/aromatic N) is 2. The molecule has 0 saturated carbocycles. The number of hydrogen-bond donors (Lipinski definition) is 1. The molecule has 0 bridgehead atoms. The Balaban J connectivity index is 2.26. The minimum atomic E-state index is -0.320. The zero-order valence-electron chi connectivity index (χ0n) is 12.2. The van der Waals surface area contributed by atoms with Crippen LogP contribution in [0.1, 0.15) is 19.4 Å². The normalized spacial score (nSPS) is 11.1. The highest BCUT2D eigenvalue weighted by molar-refractivity contribution is 9.10. The van der Waals surface area contributed by atoms with Crippen molar-refractivity contribution in [3.8, 4) is 5.88 Å². The Hall–Kier alpha value is -1.34. The second-order valence-electron chi connectivity index (χ2n) is 5.26. The zero-order valence-corrected chi connectivity index (χ0v) is 14.6. The van der Waals surface area contributed by atoms with Crippen LogP contribution >= 0.6 is 27.7 Å². The molecule has 1 aromatic heterocycles. The summed E-state index contributed by atoms with van der Waals surface area (Å²) in [5.74, 6) is -0.0519. The van der Waals surface area contributed by atoms with Gasteiger partial charge in [-0.2, -0.15) is 4.98 Å². The molecule has 0 atom stereocenters. The smallest absolute Gasteiger partial charge is 0.257 e. The Morgan fingerprint density at radius 2 is 2.14 bits per heavy atom. The molecule has 22 heavy (non-hydrogen) atoms. The molecular weight excluding hydrogens is 371 g/mol. The van der Waals surface area contributed by atoms with E-state index in [1.54, 1.807) is 12.1 Å². The predicted molar refractivity (Wildman–Crippen MR) is 88.7 cm³/mol. The first-order valence-corrected chi connectivity index (χ1v) is 8.52. The summed E-state index contributed by atoms with van der Waals surface area (Å²) in [6, 6.07) is 5.93. The fraction of sp³-hybridized carbons (Fsp3) is 0.333. The molecule has 2 rings (SSSR count). The van der Waals surface area contributed by atoms with E-state index >= 15 is 0 Å². The number of aromatic hydroxyl groups is 1. The van der Waals surface area contributed by atoms with Gasteiger partial charge < -0.3 is 5.11 Å². The molecule has 0 radical (unpaired) electrons. The monoisotopic (exact) mass is 386 g/mol. The molecular formula is C15H16BrFN2O2S. The molecule has 1 heterocycles. The maximum absolute atomic E-state index is 13.8. The Bertz CT molecular complexity index is 734. The number of halogens is 2. The standard InChI is InChI=1S/C15H16BrFN2O2S/c1-9(2)7-19-14(21)6-13(20)18-15(19)22-8-10-3-4-11(16)5-12(10)17/h3-6,9,20H,7-8H2,1-2H3. The van der Waals surface area contributed by atoms with Gasteiger partial charge in [0.2, 0.25) is 5.88 Å². The average molecular weight is 387 g/mol. The Morgan fingerprint density at radius 1 is 1.41 bits per heavy atom. The topological polar surface area (TPSA) is 55.1 Å². The van der Waals surface area contributed by atoms with Crippen molar-refractivity contribution in [1.82, 2.24) is 9.55 Å². The molecule has 1 N–H and O–H groups in total. The highest BCUT2D eigenvalue weighted by Crippen LogP contribution is 2.25. The van der Waals surface area contributed by atoms with Gasteiger partial charge in [0.1, 0.15) is 5.82 Å². The number of aromatic nitrogens is 2. The van der Waals surface area contributed by atoms with E-state index in [2.05, 4.69) is 20.9 Å². The van der Waals surface area contributed by atoms with Crippen LogP contribution in [-0.4, -0.2) is 14.7 Å². The van der Waals surface area contributed by atoms with Crippen LogP contribution < -0.4 is 5.56 Å². The zero-order chi connectivity index (χ0) is 16.3. The van der Waals surface area contributed by atoms with Crippen molar-refractivity contribution in [1.29, 1.82) is 0 Å². The van der Waals surface area contributed by atoms with Crippen molar-refractivity contribution in [2.45, 2.75) is 31.3 Å². The van der Waals surface area contributed by atoms with Crippen LogP contribution in [0.15, 0.2) is 38.7 Å². The highest BCUT2D eigenvalue weighted by atomic mass is 79.9. The quantitative estimate of drug-likeness (QED) is 0.627. The third kappa shape index (κ3) is 4.33. The molecule has 0 amide bonds. The van der Waals surface area contributed by atoms with E-state index in [1.807, 2.05) is 13.8 Å². The average Bonchev–Trinajstić information content (AvgIpc) is 2.41. The van der Waals surface area contributed by atoms with E-state index in [0.29, 0.717) is 27.5 Å². The lowest BCUT2D eigenvalue weighted by Gasteiger charge is -2.13. The van der Waals surface area contributed by atoms with Crippen molar-refractivity contribution < 1.29 is 9.50 Å². The van der Waals surface area contributed by atoms with E-state index in [1.165, 1.54) is 22.4 Å². The fourth-order valence-electron chi connectivity index (χ4n) is 1.90. The van der Waals surface area contributed by atoms with Gasteiger partial charge in [0.15, 0.2) is 5.16 Å². The van der Waals surface area contributed by atoms with Crippen molar-refractivity contribution in [2.75, 3.05) is 0 Å². The minimum absolute atomic E-state index is 0.257. The second-order valence-corrected chi connectivity index (χ2v) is 7.12. The molecule has 118 valence electrons. The van der Waals surface area contributed by atoms with Crippen LogP contribution in [0.4, 0.5) is 4.39 Å². The fourth-order valence-corrected chi connectivity index (χ4v) is 3.23. The van der Waals surface area contributed by atoms with Crippen LogP contribution in [0.5, 0.6) is 5.88 Å². The summed E-state index contributed by atoms with van der Waals surface area (Å²) in [4.78, 5) is 16.0. The third-order valence-electron chi connectivity index (χ3n) is 2.88. The van der Waals surface area contributed by atoms with Crippen LogP contribution in [0.2, 0.25) is 0 Å². The second kappa shape index (κ2) is 7.28. The van der Waals surface area contributed by atoms with Gasteiger partial charge in [-0.15, -0.1) is 0 Å². The summed E-state index contributed by atoms with van der Waals surface area (Å²) in [7, 11) is 0. The van der Waals surface area contributed by atoms with E-state index in [9.17, 15) is 14.3 Å². The van der Waals surface area contributed by atoms with Gasteiger partial charge in [-0.25, -0.2) is 4.39 Å². The summed E-state index contributed by atoms with van der Waals surface area (Å²) < 4.78 is 16.0. The largest absolute Gasteiger partial charge is 0.493 e. The number of hydrogen-bond acceptors (Lipinski definition) is 4. The third-order valence-corrected chi connectivity index (χ3v) is 4.40. The highest BCUT2D eigenvalue weighted by Gasteiger charge is 2.12. The van der Waals surface area contributed by atoms with E-state index in [4.69, 9.17) is 0 Å².